The van der Waals surface area contributed by atoms with Crippen LogP contribution in [0.4, 0.5) is 10.2 Å². The summed E-state index contributed by atoms with van der Waals surface area (Å²) in [4.78, 5) is 28.1. The Morgan fingerprint density at radius 1 is 0.897 bits per heavy atom. The minimum absolute atomic E-state index is 0.0970. The molecule has 4 rings (SSSR count). The third kappa shape index (κ3) is 7.41. The molecule has 4 aromatic rings. The summed E-state index contributed by atoms with van der Waals surface area (Å²) in [6, 6.07) is 25.0. The van der Waals surface area contributed by atoms with Crippen molar-refractivity contribution < 1.29 is 14.0 Å². The van der Waals surface area contributed by atoms with Gasteiger partial charge >= 0.3 is 0 Å². The van der Waals surface area contributed by atoms with E-state index < -0.39 is 0 Å². The second-order valence-corrected chi connectivity index (χ2v) is 9.60. The molecule has 202 valence electrons. The number of halogens is 1. The van der Waals surface area contributed by atoms with E-state index in [1.54, 1.807) is 27.8 Å². The second-order valence-electron chi connectivity index (χ2n) is 9.60. The molecule has 0 bridgehead atoms. The van der Waals surface area contributed by atoms with Crippen molar-refractivity contribution >= 4 is 17.6 Å². The molecule has 0 radical (unpaired) electrons. The van der Waals surface area contributed by atoms with Gasteiger partial charge in [-0.15, -0.1) is 0 Å². The van der Waals surface area contributed by atoms with Gasteiger partial charge in [-0.3, -0.25) is 9.59 Å². The lowest BCUT2D eigenvalue weighted by Crippen LogP contribution is -2.38. The lowest BCUT2D eigenvalue weighted by atomic mass is 10.0. The van der Waals surface area contributed by atoms with Crippen LogP contribution >= 0.6 is 0 Å². The van der Waals surface area contributed by atoms with Crippen molar-refractivity contribution in [1.29, 1.82) is 0 Å². The number of hydrogen-bond donors (Lipinski definition) is 1. The number of anilines is 1. The van der Waals surface area contributed by atoms with Crippen LogP contribution in [0.2, 0.25) is 0 Å². The molecular formula is C32H35FN4O2. The normalized spacial score (nSPS) is 10.8. The molecule has 0 atom stereocenters. The maximum Gasteiger partial charge on any atom is 0.254 e. The van der Waals surface area contributed by atoms with E-state index in [1.807, 2.05) is 61.5 Å². The maximum absolute atomic E-state index is 13.6. The lowest BCUT2D eigenvalue weighted by Gasteiger charge is -2.22. The molecule has 0 saturated heterocycles. The minimum Gasteiger partial charge on any atom is -0.329 e. The summed E-state index contributed by atoms with van der Waals surface area (Å²) in [5, 5.41) is 7.59. The molecule has 0 unspecified atom stereocenters. The largest absolute Gasteiger partial charge is 0.329 e. The van der Waals surface area contributed by atoms with E-state index in [9.17, 15) is 14.0 Å². The fourth-order valence-corrected chi connectivity index (χ4v) is 4.45. The van der Waals surface area contributed by atoms with E-state index >= 15 is 0 Å². The number of nitrogens with zero attached hydrogens (tertiary/aromatic N) is 3. The van der Waals surface area contributed by atoms with Crippen molar-refractivity contribution in [3.05, 3.63) is 102 Å². The predicted molar refractivity (Wildman–Crippen MR) is 153 cm³/mol. The number of carbonyl (C=O) groups excluding carboxylic acids is 2. The molecular weight excluding hydrogens is 491 g/mol. The molecule has 6 nitrogen and oxygen atoms in total. The van der Waals surface area contributed by atoms with Crippen LogP contribution in [0, 0.1) is 5.82 Å². The van der Waals surface area contributed by atoms with E-state index in [-0.39, 0.29) is 24.2 Å². The van der Waals surface area contributed by atoms with Gasteiger partial charge in [0, 0.05) is 23.7 Å². The zero-order chi connectivity index (χ0) is 27.6. The topological polar surface area (TPSA) is 67.2 Å². The Balaban J connectivity index is 1.51. The molecule has 0 aliphatic carbocycles. The van der Waals surface area contributed by atoms with Gasteiger partial charge in [-0.1, -0.05) is 69.2 Å². The summed E-state index contributed by atoms with van der Waals surface area (Å²) in [7, 11) is 0. The Hall–Kier alpha value is -4.26. The smallest absolute Gasteiger partial charge is 0.254 e. The van der Waals surface area contributed by atoms with Crippen molar-refractivity contribution in [3.63, 3.8) is 0 Å². The van der Waals surface area contributed by atoms with E-state index in [0.717, 1.165) is 24.8 Å². The summed E-state index contributed by atoms with van der Waals surface area (Å²) in [6.07, 6.45) is 5.21. The number of hydrogen-bond acceptors (Lipinski definition) is 3. The van der Waals surface area contributed by atoms with Gasteiger partial charge in [-0.25, -0.2) is 9.07 Å². The highest BCUT2D eigenvalue weighted by molar-refractivity contribution is 5.99. The van der Waals surface area contributed by atoms with Crippen molar-refractivity contribution in [2.24, 2.45) is 0 Å². The van der Waals surface area contributed by atoms with Crippen LogP contribution in [0.25, 0.3) is 16.9 Å². The van der Waals surface area contributed by atoms with E-state index in [4.69, 9.17) is 0 Å². The number of rotatable bonds is 12. The van der Waals surface area contributed by atoms with Crippen molar-refractivity contribution in [2.75, 3.05) is 18.4 Å². The zero-order valence-electron chi connectivity index (χ0n) is 22.6. The van der Waals surface area contributed by atoms with Gasteiger partial charge < -0.3 is 10.2 Å². The lowest BCUT2D eigenvalue weighted by molar-refractivity contribution is -0.116. The summed E-state index contributed by atoms with van der Waals surface area (Å²) in [5.74, 6) is -0.437. The Morgan fingerprint density at radius 3 is 2.28 bits per heavy atom. The monoisotopic (exact) mass is 526 g/mol. The summed E-state index contributed by atoms with van der Waals surface area (Å²) < 4.78 is 15.1. The van der Waals surface area contributed by atoms with E-state index in [0.29, 0.717) is 29.3 Å². The Bertz CT molecular complexity index is 1370. The average molecular weight is 527 g/mol. The Morgan fingerprint density at radius 2 is 1.62 bits per heavy atom. The second kappa shape index (κ2) is 13.5. The Labute approximate surface area is 229 Å². The van der Waals surface area contributed by atoms with Gasteiger partial charge in [0.15, 0.2) is 0 Å². The van der Waals surface area contributed by atoms with Crippen LogP contribution in [0.5, 0.6) is 0 Å². The molecule has 0 aliphatic rings. The summed E-state index contributed by atoms with van der Waals surface area (Å²) >= 11 is 0. The number of aromatic nitrogens is 2. The van der Waals surface area contributed by atoms with Crippen LogP contribution in [-0.4, -0.2) is 39.6 Å². The minimum atomic E-state index is -0.359. The van der Waals surface area contributed by atoms with E-state index in [1.165, 1.54) is 30.5 Å². The first kappa shape index (κ1) is 27.8. The quantitative estimate of drug-likeness (QED) is 0.204. The Kier molecular flexibility index (Phi) is 9.62. The van der Waals surface area contributed by atoms with Crippen LogP contribution in [0.1, 0.15) is 55.5 Å². The molecule has 1 N–H and O–H groups in total. The van der Waals surface area contributed by atoms with Crippen molar-refractivity contribution in [3.8, 4) is 16.9 Å². The summed E-state index contributed by atoms with van der Waals surface area (Å²) in [5.41, 5.74) is 3.93. The first-order valence-corrected chi connectivity index (χ1v) is 13.6. The molecule has 1 heterocycles. The molecule has 0 fully saturated rings. The first-order chi connectivity index (χ1) is 19.0. The van der Waals surface area contributed by atoms with Crippen molar-refractivity contribution in [1.82, 2.24) is 14.7 Å². The van der Waals surface area contributed by atoms with E-state index in [2.05, 4.69) is 17.3 Å². The fraction of sp³-hybridized carbons (Fsp3) is 0.281. The molecule has 2 amide bonds. The van der Waals surface area contributed by atoms with Gasteiger partial charge in [0.25, 0.3) is 5.91 Å². The molecule has 7 heteroatoms. The molecule has 39 heavy (non-hydrogen) atoms. The van der Waals surface area contributed by atoms with Crippen LogP contribution in [0.15, 0.2) is 84.9 Å². The van der Waals surface area contributed by atoms with Gasteiger partial charge in [0.1, 0.15) is 18.2 Å². The highest BCUT2D eigenvalue weighted by atomic mass is 19.1. The SMILES string of the molecule is CCCCCc1ccc(C(=O)N(CCC)CC(=O)Nc2cc(-c3ccccc3)nn2-c2ccc(F)cc2)cc1. The highest BCUT2D eigenvalue weighted by Crippen LogP contribution is 2.25. The maximum atomic E-state index is 13.6. The van der Waals surface area contributed by atoms with Crippen molar-refractivity contribution in [2.45, 2.75) is 46.0 Å². The number of benzene rings is 3. The van der Waals surface area contributed by atoms with Crippen LogP contribution < -0.4 is 5.32 Å². The van der Waals surface area contributed by atoms with Gasteiger partial charge in [0.05, 0.1) is 11.4 Å². The number of aryl methyl sites for hydroxylation is 1. The number of nitrogens with one attached hydrogen (secondary N) is 1. The third-order valence-corrected chi connectivity index (χ3v) is 6.50. The molecule has 1 aromatic heterocycles. The standard InChI is InChI=1S/C32H35FN4O2/c1-3-5-7-10-24-13-15-26(16-14-24)32(39)36(21-4-2)23-31(38)34-30-22-29(25-11-8-6-9-12-25)35-37(30)28-19-17-27(33)18-20-28/h6,8-9,11-20,22H,3-5,7,10,21,23H2,1-2H3,(H,34,38). The zero-order valence-corrected chi connectivity index (χ0v) is 22.6. The van der Waals surface area contributed by atoms with Gasteiger partial charge in [0.2, 0.25) is 5.91 Å². The average Bonchev–Trinajstić information content (AvgIpc) is 3.37. The molecule has 3 aromatic carbocycles. The predicted octanol–water partition coefficient (Wildman–Crippen LogP) is 6.90. The molecule has 0 aliphatic heterocycles. The summed E-state index contributed by atoms with van der Waals surface area (Å²) in [6.45, 7) is 4.51. The third-order valence-electron chi connectivity index (χ3n) is 6.50. The highest BCUT2D eigenvalue weighted by Gasteiger charge is 2.20. The van der Waals surface area contributed by atoms with Gasteiger partial charge in [-0.2, -0.15) is 5.10 Å². The van der Waals surface area contributed by atoms with Gasteiger partial charge in [-0.05, 0) is 61.2 Å². The number of carbonyl (C=O) groups is 2. The van der Waals surface area contributed by atoms with Crippen LogP contribution in [-0.2, 0) is 11.2 Å². The molecule has 0 spiro atoms. The first-order valence-electron chi connectivity index (χ1n) is 13.6. The van der Waals surface area contributed by atoms with Crippen LogP contribution in [0.3, 0.4) is 0 Å². The molecule has 0 saturated carbocycles. The fourth-order valence-electron chi connectivity index (χ4n) is 4.45. The number of unbranched alkanes of at least 4 members (excludes halogenated alkanes) is 2. The number of amides is 2.